The van der Waals surface area contributed by atoms with Crippen LogP contribution in [-0.2, 0) is 6.18 Å². The summed E-state index contributed by atoms with van der Waals surface area (Å²) in [5.74, 6) is -0.211. The van der Waals surface area contributed by atoms with Crippen molar-refractivity contribution in [1.29, 1.82) is 0 Å². The van der Waals surface area contributed by atoms with E-state index in [1.165, 1.54) is 12.4 Å². The lowest BCUT2D eigenvalue weighted by atomic mass is 10.1. The van der Waals surface area contributed by atoms with Crippen LogP contribution in [0.3, 0.4) is 0 Å². The summed E-state index contributed by atoms with van der Waals surface area (Å²) >= 11 is 0. The molecule has 132 valence electrons. The van der Waals surface area contributed by atoms with Crippen LogP contribution in [0.25, 0.3) is 0 Å². The lowest BCUT2D eigenvalue weighted by Crippen LogP contribution is -2.48. The molecule has 3 heterocycles. The van der Waals surface area contributed by atoms with Crippen molar-refractivity contribution < 1.29 is 18.0 Å². The van der Waals surface area contributed by atoms with Gasteiger partial charge in [0.1, 0.15) is 5.69 Å². The fourth-order valence-electron chi connectivity index (χ4n) is 2.71. The Morgan fingerprint density at radius 2 is 1.96 bits per heavy atom. The lowest BCUT2D eigenvalue weighted by Gasteiger charge is -2.33. The van der Waals surface area contributed by atoms with E-state index in [-0.39, 0.29) is 17.9 Å². The number of nitrogens with zero attached hydrogens (tertiary/aromatic N) is 4. The predicted octanol–water partition coefficient (Wildman–Crippen LogP) is 2.29. The molecule has 2 aromatic heterocycles. The van der Waals surface area contributed by atoms with Gasteiger partial charge >= 0.3 is 6.18 Å². The van der Waals surface area contributed by atoms with Crippen LogP contribution in [0.4, 0.5) is 19.1 Å². The number of hydrogen-bond donors (Lipinski definition) is 1. The molecular formula is C16H16F3N5O. The number of halogens is 3. The second-order valence-corrected chi connectivity index (χ2v) is 5.73. The summed E-state index contributed by atoms with van der Waals surface area (Å²) in [6, 6.07) is 3.86. The molecule has 6 nitrogen and oxygen atoms in total. The van der Waals surface area contributed by atoms with Gasteiger partial charge in [0.25, 0.3) is 5.91 Å². The van der Waals surface area contributed by atoms with E-state index in [2.05, 4.69) is 20.3 Å². The highest BCUT2D eigenvalue weighted by atomic mass is 19.4. The molecule has 1 saturated heterocycles. The first-order valence-electron chi connectivity index (χ1n) is 7.79. The predicted molar refractivity (Wildman–Crippen MR) is 84.0 cm³/mol. The van der Waals surface area contributed by atoms with Crippen molar-refractivity contribution in [3.05, 3.63) is 48.0 Å². The average molecular weight is 351 g/mol. The Morgan fingerprint density at radius 1 is 1.20 bits per heavy atom. The number of aromatic nitrogens is 3. The van der Waals surface area contributed by atoms with E-state index in [1.54, 1.807) is 17.0 Å². The molecule has 3 rings (SSSR count). The summed E-state index contributed by atoms with van der Waals surface area (Å²) in [6.07, 6.45) is 1.11. The zero-order chi connectivity index (χ0) is 17.9. The van der Waals surface area contributed by atoms with Gasteiger partial charge in [-0.15, -0.1) is 0 Å². The number of pyridine rings is 1. The van der Waals surface area contributed by atoms with Crippen molar-refractivity contribution in [2.75, 3.05) is 18.0 Å². The first-order valence-corrected chi connectivity index (χ1v) is 7.79. The highest BCUT2D eigenvalue weighted by Crippen LogP contribution is 2.28. The van der Waals surface area contributed by atoms with E-state index in [9.17, 15) is 18.0 Å². The van der Waals surface area contributed by atoms with Crippen LogP contribution in [-0.4, -0.2) is 40.0 Å². The minimum absolute atomic E-state index is 0.0256. The summed E-state index contributed by atoms with van der Waals surface area (Å²) in [5.41, 5.74) is -0.483. The molecular weight excluding hydrogens is 335 g/mol. The number of alkyl halides is 3. The number of carbonyl (C=O) groups excluding carboxylic acids is 1. The zero-order valence-electron chi connectivity index (χ0n) is 13.2. The molecule has 0 spiro atoms. The maximum Gasteiger partial charge on any atom is 0.433 e. The molecule has 1 unspecified atom stereocenters. The highest BCUT2D eigenvalue weighted by Gasteiger charge is 2.33. The molecule has 9 heteroatoms. The van der Waals surface area contributed by atoms with E-state index in [0.717, 1.165) is 25.1 Å². The van der Waals surface area contributed by atoms with Gasteiger partial charge in [-0.25, -0.2) is 9.97 Å². The molecule has 0 aliphatic carbocycles. The molecule has 0 bridgehead atoms. The number of rotatable bonds is 3. The Hall–Kier alpha value is -2.71. The van der Waals surface area contributed by atoms with Crippen LogP contribution in [0.2, 0.25) is 0 Å². The number of amides is 1. The number of piperidine rings is 1. The van der Waals surface area contributed by atoms with Crippen molar-refractivity contribution in [1.82, 2.24) is 20.3 Å². The molecule has 1 fully saturated rings. The smallest absolute Gasteiger partial charge is 0.348 e. The van der Waals surface area contributed by atoms with Crippen molar-refractivity contribution in [2.24, 2.45) is 0 Å². The monoisotopic (exact) mass is 351 g/mol. The summed E-state index contributed by atoms with van der Waals surface area (Å²) in [7, 11) is 0. The molecule has 1 aliphatic heterocycles. The SMILES string of the molecule is O=C(NC1CCCN(c2nccc(C(F)(F)F)n2)C1)c1ccncc1. The van der Waals surface area contributed by atoms with E-state index in [1.807, 2.05) is 0 Å². The second kappa shape index (κ2) is 7.04. The standard InChI is InChI=1S/C16H16F3N5O/c17-16(18,19)13-5-8-21-15(23-13)24-9-1-2-12(10-24)22-14(25)11-3-6-20-7-4-11/h3-8,12H,1-2,9-10H2,(H,22,25). The summed E-state index contributed by atoms with van der Waals surface area (Å²) in [4.78, 5) is 25.3. The maximum atomic E-state index is 12.8. The van der Waals surface area contributed by atoms with Gasteiger partial charge in [-0.3, -0.25) is 9.78 Å². The Balaban J connectivity index is 1.68. The fraction of sp³-hybridized carbons (Fsp3) is 0.375. The van der Waals surface area contributed by atoms with Crippen LogP contribution in [0.5, 0.6) is 0 Å². The van der Waals surface area contributed by atoms with Gasteiger partial charge in [0.05, 0.1) is 0 Å². The largest absolute Gasteiger partial charge is 0.433 e. The maximum absolute atomic E-state index is 12.8. The molecule has 1 N–H and O–H groups in total. The molecule has 1 aliphatic rings. The van der Waals surface area contributed by atoms with E-state index in [4.69, 9.17) is 0 Å². The van der Waals surface area contributed by atoms with Gasteiger partial charge in [0.15, 0.2) is 0 Å². The van der Waals surface area contributed by atoms with E-state index < -0.39 is 11.9 Å². The van der Waals surface area contributed by atoms with Gasteiger partial charge in [-0.1, -0.05) is 0 Å². The van der Waals surface area contributed by atoms with Gasteiger partial charge in [-0.05, 0) is 31.0 Å². The van der Waals surface area contributed by atoms with E-state index in [0.29, 0.717) is 18.7 Å². The van der Waals surface area contributed by atoms with Crippen LogP contribution >= 0.6 is 0 Å². The van der Waals surface area contributed by atoms with Crippen molar-refractivity contribution in [2.45, 2.75) is 25.1 Å². The average Bonchev–Trinajstić information content (AvgIpc) is 2.62. The molecule has 0 radical (unpaired) electrons. The molecule has 1 amide bonds. The Morgan fingerprint density at radius 3 is 2.68 bits per heavy atom. The molecule has 0 saturated carbocycles. The lowest BCUT2D eigenvalue weighted by molar-refractivity contribution is -0.141. The fourth-order valence-corrected chi connectivity index (χ4v) is 2.71. The van der Waals surface area contributed by atoms with Crippen LogP contribution < -0.4 is 10.2 Å². The topological polar surface area (TPSA) is 71.0 Å². The van der Waals surface area contributed by atoms with Gasteiger partial charge in [-0.2, -0.15) is 13.2 Å². The number of hydrogen-bond acceptors (Lipinski definition) is 5. The molecule has 2 aromatic rings. The first kappa shape index (κ1) is 17.1. The van der Waals surface area contributed by atoms with Crippen molar-refractivity contribution in [3.8, 4) is 0 Å². The Kier molecular flexibility index (Phi) is 4.82. The molecule has 1 atom stereocenters. The molecule has 25 heavy (non-hydrogen) atoms. The van der Waals surface area contributed by atoms with Crippen LogP contribution in [0, 0.1) is 0 Å². The third-order valence-electron chi connectivity index (χ3n) is 3.92. The van der Waals surface area contributed by atoms with Crippen LogP contribution in [0.15, 0.2) is 36.8 Å². The normalized spacial score (nSPS) is 18.0. The van der Waals surface area contributed by atoms with Gasteiger partial charge < -0.3 is 10.2 Å². The third-order valence-corrected chi connectivity index (χ3v) is 3.92. The quantitative estimate of drug-likeness (QED) is 0.919. The van der Waals surface area contributed by atoms with Gasteiger partial charge in [0, 0.05) is 43.3 Å². The number of nitrogens with one attached hydrogen (secondary N) is 1. The minimum Gasteiger partial charge on any atom is -0.348 e. The summed E-state index contributed by atoms with van der Waals surface area (Å²) in [6.45, 7) is 0.904. The summed E-state index contributed by atoms with van der Waals surface area (Å²) < 4.78 is 38.4. The van der Waals surface area contributed by atoms with Crippen molar-refractivity contribution >= 4 is 11.9 Å². The van der Waals surface area contributed by atoms with Crippen molar-refractivity contribution in [3.63, 3.8) is 0 Å². The minimum atomic E-state index is -4.51. The third kappa shape index (κ3) is 4.23. The summed E-state index contributed by atoms with van der Waals surface area (Å²) in [5, 5.41) is 2.89. The highest BCUT2D eigenvalue weighted by molar-refractivity contribution is 5.94. The Labute approximate surface area is 142 Å². The second-order valence-electron chi connectivity index (χ2n) is 5.73. The van der Waals surface area contributed by atoms with Gasteiger partial charge in [0.2, 0.25) is 5.95 Å². The first-order chi connectivity index (χ1) is 11.9. The van der Waals surface area contributed by atoms with Crippen LogP contribution in [0.1, 0.15) is 28.9 Å². The van der Waals surface area contributed by atoms with E-state index >= 15 is 0 Å². The number of anilines is 1. The molecule has 0 aromatic carbocycles. The zero-order valence-corrected chi connectivity index (χ0v) is 13.2. The number of carbonyl (C=O) groups is 1. The Bertz CT molecular complexity index is 738.